The van der Waals surface area contributed by atoms with Crippen LogP contribution in [0.2, 0.25) is 0 Å². The van der Waals surface area contributed by atoms with Crippen molar-refractivity contribution in [2.75, 3.05) is 32.7 Å². The third kappa shape index (κ3) is 2.61. The van der Waals surface area contributed by atoms with Gasteiger partial charge in [-0.05, 0) is 42.4 Å². The van der Waals surface area contributed by atoms with Crippen LogP contribution in [0.5, 0.6) is 0 Å². The quantitative estimate of drug-likeness (QED) is 0.627. The minimum atomic E-state index is 0.354. The molecule has 1 aromatic carbocycles. The number of nitrogens with zero attached hydrogens (tertiary/aromatic N) is 2. The van der Waals surface area contributed by atoms with Crippen LogP contribution in [0.1, 0.15) is 23.1 Å². The van der Waals surface area contributed by atoms with Gasteiger partial charge >= 0.3 is 0 Å². The summed E-state index contributed by atoms with van der Waals surface area (Å²) in [5.74, 6) is 5.90. The van der Waals surface area contributed by atoms with Gasteiger partial charge in [-0.3, -0.25) is 21.1 Å². The number of hydrogen-bond donors (Lipinski definition) is 2. The van der Waals surface area contributed by atoms with Crippen LogP contribution >= 0.6 is 0 Å². The number of fused-ring (bicyclic) bond motifs is 4. The Morgan fingerprint density at radius 2 is 1.95 bits per heavy atom. The molecule has 1 aromatic rings. The van der Waals surface area contributed by atoms with Crippen molar-refractivity contribution in [2.45, 2.75) is 37.8 Å². The lowest BCUT2D eigenvalue weighted by molar-refractivity contribution is -0.00315. The van der Waals surface area contributed by atoms with Gasteiger partial charge in [0.05, 0.1) is 0 Å². The van der Waals surface area contributed by atoms with Crippen LogP contribution in [-0.4, -0.2) is 54.6 Å². The summed E-state index contributed by atoms with van der Waals surface area (Å²) in [5, 5.41) is 0. The van der Waals surface area contributed by atoms with Gasteiger partial charge in [0, 0.05) is 44.8 Å². The van der Waals surface area contributed by atoms with E-state index in [-0.39, 0.29) is 0 Å². The molecule has 0 amide bonds. The van der Waals surface area contributed by atoms with Gasteiger partial charge in [-0.2, -0.15) is 0 Å². The van der Waals surface area contributed by atoms with Crippen LogP contribution in [0.3, 0.4) is 0 Å². The molecule has 3 heterocycles. The topological polar surface area (TPSA) is 44.5 Å². The number of hydrogen-bond acceptors (Lipinski definition) is 4. The molecule has 3 saturated heterocycles. The Morgan fingerprint density at radius 3 is 2.67 bits per heavy atom. The summed E-state index contributed by atoms with van der Waals surface area (Å²) in [6, 6.07) is 7.98. The zero-order chi connectivity index (χ0) is 14.2. The van der Waals surface area contributed by atoms with Gasteiger partial charge in [-0.25, -0.2) is 0 Å². The first-order valence-corrected chi connectivity index (χ1v) is 8.37. The van der Waals surface area contributed by atoms with Gasteiger partial charge in [0.25, 0.3) is 0 Å². The van der Waals surface area contributed by atoms with Crippen LogP contribution in [-0.2, 0) is 19.3 Å². The monoisotopic (exact) mass is 286 g/mol. The van der Waals surface area contributed by atoms with Gasteiger partial charge < -0.3 is 0 Å². The van der Waals surface area contributed by atoms with Gasteiger partial charge in [-0.1, -0.05) is 18.2 Å². The lowest BCUT2D eigenvalue weighted by atomic mass is 9.93. The molecule has 2 atom stereocenters. The first-order chi connectivity index (χ1) is 10.3. The number of nitrogens with one attached hydrogen (secondary N) is 1. The molecule has 3 N–H and O–H groups in total. The van der Waals surface area contributed by atoms with Gasteiger partial charge in [-0.15, -0.1) is 0 Å². The standard InChI is InChI=1S/C17H26N4/c18-19-16(17-12-20-6-8-21(17)9-7-20)11-13-4-5-14-2-1-3-15(14)10-13/h4-5,10,16-17,19H,1-3,6-9,11-12,18H2. The Labute approximate surface area is 127 Å². The summed E-state index contributed by atoms with van der Waals surface area (Å²) in [5.41, 5.74) is 7.67. The van der Waals surface area contributed by atoms with Crippen molar-refractivity contribution in [3.05, 3.63) is 34.9 Å². The third-order valence-electron chi connectivity index (χ3n) is 5.62. The zero-order valence-corrected chi connectivity index (χ0v) is 12.7. The molecule has 0 saturated carbocycles. The second-order valence-electron chi connectivity index (χ2n) is 6.84. The molecule has 0 aromatic heterocycles. The highest BCUT2D eigenvalue weighted by Gasteiger charge is 2.36. The largest absolute Gasteiger partial charge is 0.299 e. The summed E-state index contributed by atoms with van der Waals surface area (Å²) < 4.78 is 0. The molecule has 3 aliphatic heterocycles. The highest BCUT2D eigenvalue weighted by Crippen LogP contribution is 2.25. The van der Waals surface area contributed by atoms with E-state index in [4.69, 9.17) is 5.84 Å². The number of rotatable bonds is 4. The van der Waals surface area contributed by atoms with Gasteiger partial charge in [0.15, 0.2) is 0 Å². The maximum Gasteiger partial charge on any atom is 0.0418 e. The number of nitrogens with two attached hydrogens (primary N) is 1. The van der Waals surface area contributed by atoms with Crippen LogP contribution in [0.25, 0.3) is 0 Å². The van der Waals surface area contributed by atoms with E-state index in [1.807, 2.05) is 0 Å². The molecule has 114 valence electrons. The van der Waals surface area contributed by atoms with Crippen molar-refractivity contribution >= 4 is 0 Å². The van der Waals surface area contributed by atoms with Crippen LogP contribution in [0.4, 0.5) is 0 Å². The fourth-order valence-electron chi connectivity index (χ4n) is 4.35. The van der Waals surface area contributed by atoms with Gasteiger partial charge in [0.1, 0.15) is 0 Å². The van der Waals surface area contributed by atoms with E-state index in [2.05, 4.69) is 33.4 Å². The molecule has 4 aliphatic rings. The molecule has 0 radical (unpaired) electrons. The summed E-state index contributed by atoms with van der Waals surface area (Å²) in [6.07, 6.45) is 4.88. The molecule has 4 heteroatoms. The highest BCUT2D eigenvalue weighted by atomic mass is 15.4. The SMILES string of the molecule is NNC(Cc1ccc2c(c1)CCC2)C1CN2CCN1CC2. The average Bonchev–Trinajstić information content (AvgIpc) is 3.01. The van der Waals surface area contributed by atoms with E-state index in [1.54, 1.807) is 11.1 Å². The summed E-state index contributed by atoms with van der Waals surface area (Å²) in [7, 11) is 0. The number of hydrazine groups is 1. The van der Waals surface area contributed by atoms with E-state index in [0.717, 1.165) is 6.42 Å². The maximum atomic E-state index is 5.90. The number of benzene rings is 1. The van der Waals surface area contributed by atoms with Crippen molar-refractivity contribution < 1.29 is 0 Å². The van der Waals surface area contributed by atoms with E-state index >= 15 is 0 Å². The second kappa shape index (κ2) is 5.69. The van der Waals surface area contributed by atoms with Crippen LogP contribution in [0.15, 0.2) is 18.2 Å². The van der Waals surface area contributed by atoms with E-state index in [0.29, 0.717) is 12.1 Å². The predicted molar refractivity (Wildman–Crippen MR) is 85.1 cm³/mol. The molecule has 4 nitrogen and oxygen atoms in total. The smallest absolute Gasteiger partial charge is 0.0418 e. The van der Waals surface area contributed by atoms with Crippen molar-refractivity contribution in [1.82, 2.24) is 15.2 Å². The average molecular weight is 286 g/mol. The highest BCUT2D eigenvalue weighted by molar-refractivity contribution is 5.35. The third-order valence-corrected chi connectivity index (χ3v) is 5.62. The maximum absolute atomic E-state index is 5.90. The normalized spacial score (nSPS) is 32.1. The second-order valence-corrected chi connectivity index (χ2v) is 6.84. The summed E-state index contributed by atoms with van der Waals surface area (Å²) in [4.78, 5) is 5.20. The molecule has 2 unspecified atom stereocenters. The van der Waals surface area contributed by atoms with Crippen molar-refractivity contribution in [3.63, 3.8) is 0 Å². The Morgan fingerprint density at radius 1 is 1.14 bits per heavy atom. The Bertz CT molecular complexity index is 508. The number of piperazine rings is 3. The molecule has 2 bridgehead atoms. The van der Waals surface area contributed by atoms with E-state index in [1.165, 1.54) is 57.5 Å². The van der Waals surface area contributed by atoms with Crippen LogP contribution in [0, 0.1) is 0 Å². The molecule has 21 heavy (non-hydrogen) atoms. The number of aryl methyl sites for hydroxylation is 2. The Hall–Kier alpha value is -0.940. The molecular formula is C17H26N4. The van der Waals surface area contributed by atoms with Gasteiger partial charge in [0.2, 0.25) is 0 Å². The van der Waals surface area contributed by atoms with Crippen molar-refractivity contribution in [2.24, 2.45) is 5.84 Å². The van der Waals surface area contributed by atoms with Crippen molar-refractivity contribution in [3.8, 4) is 0 Å². The lowest BCUT2D eigenvalue weighted by Crippen LogP contribution is -2.67. The van der Waals surface area contributed by atoms with E-state index < -0.39 is 0 Å². The van der Waals surface area contributed by atoms with Crippen molar-refractivity contribution in [1.29, 1.82) is 0 Å². The Balaban J connectivity index is 1.49. The fraction of sp³-hybridized carbons (Fsp3) is 0.647. The minimum Gasteiger partial charge on any atom is -0.299 e. The molecule has 5 rings (SSSR count). The van der Waals surface area contributed by atoms with Crippen LogP contribution < -0.4 is 11.3 Å². The summed E-state index contributed by atoms with van der Waals surface area (Å²) in [6.45, 7) is 6.03. The van der Waals surface area contributed by atoms with E-state index in [9.17, 15) is 0 Å². The Kier molecular flexibility index (Phi) is 3.71. The summed E-state index contributed by atoms with van der Waals surface area (Å²) >= 11 is 0. The first kappa shape index (κ1) is 13.7. The first-order valence-electron chi connectivity index (χ1n) is 8.37. The zero-order valence-electron chi connectivity index (χ0n) is 12.7. The minimum absolute atomic E-state index is 0.354. The fourth-order valence-corrected chi connectivity index (χ4v) is 4.35. The molecule has 0 spiro atoms. The molecule has 3 fully saturated rings. The predicted octanol–water partition coefficient (Wildman–Crippen LogP) is 0.549. The lowest BCUT2D eigenvalue weighted by Gasteiger charge is -2.50. The molecule has 1 aliphatic carbocycles. The molecular weight excluding hydrogens is 260 g/mol.